The molecule has 1 aromatic heterocycles. The van der Waals surface area contributed by atoms with E-state index in [1.165, 1.54) is 23.9 Å². The Morgan fingerprint density at radius 3 is 2.67 bits per heavy atom. The van der Waals surface area contributed by atoms with Crippen molar-refractivity contribution in [1.29, 1.82) is 0 Å². The number of amides is 2. The summed E-state index contributed by atoms with van der Waals surface area (Å²) >= 11 is 1.20. The number of rotatable bonds is 9. The summed E-state index contributed by atoms with van der Waals surface area (Å²) in [7, 11) is 0. The molecule has 0 aliphatic rings. The molecular weight excluding hydrogens is 441 g/mol. The maximum atomic E-state index is 13.5. The van der Waals surface area contributed by atoms with E-state index >= 15 is 0 Å². The summed E-state index contributed by atoms with van der Waals surface area (Å²) in [5.74, 6) is -0.284. The number of carbonyl (C=O) groups is 2. The van der Waals surface area contributed by atoms with Crippen LogP contribution in [0.25, 0.3) is 0 Å². The molecule has 0 fully saturated rings. The van der Waals surface area contributed by atoms with Gasteiger partial charge in [0.05, 0.1) is 11.8 Å². The molecule has 2 aromatic carbocycles. The summed E-state index contributed by atoms with van der Waals surface area (Å²) in [5.41, 5.74) is 2.68. The second-order valence-corrected chi connectivity index (χ2v) is 8.49. The van der Waals surface area contributed by atoms with Crippen molar-refractivity contribution in [2.75, 3.05) is 11.1 Å². The molecule has 0 spiro atoms. The number of benzene rings is 2. The highest BCUT2D eigenvalue weighted by Crippen LogP contribution is 2.22. The van der Waals surface area contributed by atoms with E-state index in [1.54, 1.807) is 29.7 Å². The lowest BCUT2D eigenvalue weighted by molar-refractivity contribution is -0.113. The number of nitrogens with one attached hydrogen (secondary N) is 2. The zero-order valence-electron chi connectivity index (χ0n) is 18.8. The molecule has 1 atom stereocenters. The summed E-state index contributed by atoms with van der Waals surface area (Å²) in [6, 6.07) is 11.2. The zero-order valence-corrected chi connectivity index (χ0v) is 19.6. The molecule has 0 saturated carbocycles. The fourth-order valence-corrected chi connectivity index (χ4v) is 3.99. The molecule has 9 heteroatoms. The lowest BCUT2D eigenvalue weighted by Gasteiger charge is -2.16. The Hall–Kier alpha value is -3.46. The normalized spacial score (nSPS) is 11.6. The average Bonchev–Trinajstić information content (AvgIpc) is 3.18. The lowest BCUT2D eigenvalue weighted by atomic mass is 10.1. The molecule has 3 rings (SSSR count). The van der Waals surface area contributed by atoms with Crippen LogP contribution in [0, 0.1) is 19.7 Å². The molecule has 2 amide bonds. The molecule has 0 bridgehead atoms. The maximum Gasteiger partial charge on any atom is 0.252 e. The predicted molar refractivity (Wildman–Crippen MR) is 128 cm³/mol. The van der Waals surface area contributed by atoms with Crippen molar-refractivity contribution in [1.82, 2.24) is 20.1 Å². The van der Waals surface area contributed by atoms with Gasteiger partial charge in [0.15, 0.2) is 11.0 Å². The van der Waals surface area contributed by atoms with Crippen LogP contribution in [-0.2, 0) is 11.3 Å². The Kier molecular flexibility index (Phi) is 8.00. The minimum Gasteiger partial charge on any atom is -0.342 e. The van der Waals surface area contributed by atoms with Crippen LogP contribution in [0.15, 0.2) is 60.3 Å². The minimum absolute atomic E-state index is 0.0647. The highest BCUT2D eigenvalue weighted by Gasteiger charge is 2.21. The molecule has 3 aromatic rings. The van der Waals surface area contributed by atoms with Gasteiger partial charge in [0, 0.05) is 17.8 Å². The molecule has 33 heavy (non-hydrogen) atoms. The number of hydrogen-bond acceptors (Lipinski definition) is 5. The van der Waals surface area contributed by atoms with Crippen molar-refractivity contribution in [2.24, 2.45) is 0 Å². The van der Waals surface area contributed by atoms with E-state index in [-0.39, 0.29) is 17.6 Å². The van der Waals surface area contributed by atoms with Crippen molar-refractivity contribution < 1.29 is 14.0 Å². The summed E-state index contributed by atoms with van der Waals surface area (Å²) in [6.45, 7) is 9.70. The van der Waals surface area contributed by atoms with Crippen molar-refractivity contribution in [2.45, 2.75) is 38.5 Å². The van der Waals surface area contributed by atoms with Crippen LogP contribution < -0.4 is 10.6 Å². The third-order valence-electron chi connectivity index (χ3n) is 4.99. The molecule has 2 N–H and O–H groups in total. The predicted octanol–water partition coefficient (Wildman–Crippen LogP) is 4.44. The first kappa shape index (κ1) is 24.2. The summed E-state index contributed by atoms with van der Waals surface area (Å²) in [4.78, 5) is 25.1. The van der Waals surface area contributed by atoms with Gasteiger partial charge in [-0.3, -0.25) is 9.59 Å². The van der Waals surface area contributed by atoms with Crippen molar-refractivity contribution in [3.63, 3.8) is 0 Å². The topological polar surface area (TPSA) is 88.9 Å². The van der Waals surface area contributed by atoms with E-state index in [2.05, 4.69) is 27.4 Å². The van der Waals surface area contributed by atoms with Crippen LogP contribution in [0.1, 0.15) is 40.3 Å². The Bertz CT molecular complexity index is 1180. The van der Waals surface area contributed by atoms with Crippen LogP contribution in [0.5, 0.6) is 0 Å². The third-order valence-corrected chi connectivity index (χ3v) is 5.95. The molecule has 7 nitrogen and oxygen atoms in total. The second-order valence-electron chi connectivity index (χ2n) is 7.55. The summed E-state index contributed by atoms with van der Waals surface area (Å²) in [6.07, 6.45) is 1.70. The van der Waals surface area contributed by atoms with Crippen molar-refractivity contribution in [3.05, 3.63) is 83.5 Å². The Morgan fingerprint density at radius 2 is 1.94 bits per heavy atom. The third kappa shape index (κ3) is 6.07. The van der Waals surface area contributed by atoms with E-state index in [9.17, 15) is 14.0 Å². The van der Waals surface area contributed by atoms with E-state index in [1.807, 2.05) is 32.0 Å². The molecule has 0 saturated heterocycles. The van der Waals surface area contributed by atoms with Gasteiger partial charge >= 0.3 is 0 Å². The van der Waals surface area contributed by atoms with Crippen molar-refractivity contribution in [3.8, 4) is 0 Å². The van der Waals surface area contributed by atoms with E-state index in [4.69, 9.17) is 0 Å². The fourth-order valence-electron chi connectivity index (χ4n) is 3.24. The van der Waals surface area contributed by atoms with Gasteiger partial charge < -0.3 is 15.2 Å². The standard InChI is InChI=1S/C24H26FN5O2S/c1-5-12-30-22(17(4)26-23(32)19-9-7-6-8-15(19)2)28-29-24(30)33-14-21(31)27-20-13-18(25)11-10-16(20)3/h5-11,13,17H,1,12,14H2,2-4H3,(H,26,32)(H,27,31)/t17-/m0/s1. The summed E-state index contributed by atoms with van der Waals surface area (Å²) in [5, 5.41) is 14.6. The smallest absolute Gasteiger partial charge is 0.252 e. The minimum atomic E-state index is -0.416. The number of halogens is 1. The average molecular weight is 468 g/mol. The number of thioether (sulfide) groups is 1. The molecular formula is C24H26FN5O2S. The quantitative estimate of drug-likeness (QED) is 0.359. The molecule has 0 aliphatic heterocycles. The molecule has 0 aliphatic carbocycles. The van der Waals surface area contributed by atoms with Crippen LogP contribution in [0.2, 0.25) is 0 Å². The van der Waals surface area contributed by atoms with Gasteiger partial charge in [-0.25, -0.2) is 4.39 Å². The van der Waals surface area contributed by atoms with Crippen LogP contribution in [0.3, 0.4) is 0 Å². The van der Waals surface area contributed by atoms with Gasteiger partial charge in [-0.15, -0.1) is 16.8 Å². The first-order chi connectivity index (χ1) is 15.8. The molecule has 172 valence electrons. The monoisotopic (exact) mass is 467 g/mol. The molecule has 0 unspecified atom stereocenters. The number of aromatic nitrogens is 3. The number of anilines is 1. The Labute approximate surface area is 196 Å². The number of hydrogen-bond donors (Lipinski definition) is 2. The summed E-state index contributed by atoms with van der Waals surface area (Å²) < 4.78 is 15.3. The van der Waals surface area contributed by atoms with Gasteiger partial charge in [0.2, 0.25) is 5.91 Å². The van der Waals surface area contributed by atoms with Gasteiger partial charge in [-0.2, -0.15) is 0 Å². The van der Waals surface area contributed by atoms with Crippen LogP contribution in [0.4, 0.5) is 10.1 Å². The molecule has 0 radical (unpaired) electrons. The SMILES string of the molecule is C=CCn1c(SCC(=O)Nc2cc(F)ccc2C)nnc1[C@H](C)NC(=O)c1ccccc1C. The lowest BCUT2D eigenvalue weighted by Crippen LogP contribution is -2.29. The molecule has 1 heterocycles. The largest absolute Gasteiger partial charge is 0.342 e. The van der Waals surface area contributed by atoms with E-state index in [0.717, 1.165) is 11.1 Å². The Morgan fingerprint density at radius 1 is 1.18 bits per heavy atom. The number of carbonyl (C=O) groups excluding carboxylic acids is 2. The number of nitrogens with zero attached hydrogens (tertiary/aromatic N) is 3. The van der Waals surface area contributed by atoms with Crippen molar-refractivity contribution >= 4 is 29.3 Å². The first-order valence-electron chi connectivity index (χ1n) is 10.4. The maximum absolute atomic E-state index is 13.5. The highest BCUT2D eigenvalue weighted by molar-refractivity contribution is 7.99. The fraction of sp³-hybridized carbons (Fsp3) is 0.250. The van der Waals surface area contributed by atoms with Gasteiger partial charge in [-0.1, -0.05) is 42.1 Å². The van der Waals surface area contributed by atoms with Gasteiger partial charge in [0.1, 0.15) is 5.82 Å². The Balaban J connectivity index is 1.69. The van der Waals surface area contributed by atoms with E-state index in [0.29, 0.717) is 28.8 Å². The van der Waals surface area contributed by atoms with Crippen LogP contribution in [-0.4, -0.2) is 32.3 Å². The zero-order chi connectivity index (χ0) is 24.0. The van der Waals surface area contributed by atoms with Gasteiger partial charge in [-0.05, 0) is 50.1 Å². The van der Waals surface area contributed by atoms with Crippen LogP contribution >= 0.6 is 11.8 Å². The number of aryl methyl sites for hydroxylation is 2. The second kappa shape index (κ2) is 10.9. The number of allylic oxidation sites excluding steroid dienone is 1. The first-order valence-corrected chi connectivity index (χ1v) is 11.4. The van der Waals surface area contributed by atoms with E-state index < -0.39 is 11.9 Å². The highest BCUT2D eigenvalue weighted by atomic mass is 32.2. The van der Waals surface area contributed by atoms with Gasteiger partial charge in [0.25, 0.3) is 5.91 Å².